The Morgan fingerprint density at radius 3 is 1.60 bits per heavy atom. The van der Waals surface area contributed by atoms with Crippen LogP contribution >= 0.6 is 23.2 Å². The van der Waals surface area contributed by atoms with Gasteiger partial charge in [0, 0.05) is 32.7 Å². The lowest BCUT2D eigenvalue weighted by molar-refractivity contribution is -0.262. The van der Waals surface area contributed by atoms with E-state index < -0.39 is 11.2 Å². The van der Waals surface area contributed by atoms with E-state index in [1.807, 2.05) is 36.4 Å². The molecule has 8 heteroatoms. The third kappa shape index (κ3) is 4.56. The summed E-state index contributed by atoms with van der Waals surface area (Å²) in [6.07, 6.45) is 5.90. The van der Waals surface area contributed by atoms with Crippen LogP contribution in [0.25, 0.3) is 0 Å². The van der Waals surface area contributed by atoms with Crippen LogP contribution in [-0.4, -0.2) is 50.5 Å². The first-order valence-electron chi connectivity index (χ1n) is 14.0. The Hall–Kier alpha value is -2.12. The molecule has 2 aliphatic heterocycles. The molecule has 0 unspecified atom stereocenters. The molecule has 0 spiro atoms. The van der Waals surface area contributed by atoms with E-state index in [1.165, 1.54) is 18.2 Å². The van der Waals surface area contributed by atoms with Gasteiger partial charge in [0.25, 0.3) is 0 Å². The smallest absolute Gasteiger partial charge is 0.339 e. The summed E-state index contributed by atoms with van der Waals surface area (Å²) in [7, 11) is 3.01. The Kier molecular flexibility index (Phi) is 8.03. The molecule has 2 aliphatic carbocycles. The molecule has 6 atom stereocenters. The Bertz CT molecular complexity index is 1160. The topological polar surface area (TPSA) is 77.8 Å². The fraction of sp³-hybridized carbons (Fsp3) is 0.562. The largest absolute Gasteiger partial charge is 0.482 e. The number of fused-ring (bicyclic) bond motifs is 2. The molecule has 0 aromatic heterocycles. The highest BCUT2D eigenvalue weighted by atomic mass is 35.5. The molecule has 0 radical (unpaired) electrons. The number of nitrogens with one attached hydrogen (secondary N) is 1. The van der Waals surface area contributed by atoms with Gasteiger partial charge < -0.3 is 18.9 Å². The highest BCUT2D eigenvalue weighted by molar-refractivity contribution is 6.30. The highest BCUT2D eigenvalue weighted by Crippen LogP contribution is 2.61. The fourth-order valence-electron chi connectivity index (χ4n) is 7.68. The maximum Gasteiger partial charge on any atom is 0.339 e. The summed E-state index contributed by atoms with van der Waals surface area (Å²) in [5, 5.41) is 9.68. The van der Waals surface area contributed by atoms with Crippen LogP contribution in [0.2, 0.25) is 10.0 Å². The summed E-state index contributed by atoms with van der Waals surface area (Å²) in [6, 6.07) is 15.8. The lowest BCUT2D eigenvalue weighted by Crippen LogP contribution is -2.66. The minimum atomic E-state index is -0.749. The molecule has 2 heterocycles. The van der Waals surface area contributed by atoms with Crippen molar-refractivity contribution in [3.63, 3.8) is 0 Å². The van der Waals surface area contributed by atoms with Gasteiger partial charge in [-0.3, -0.25) is 5.41 Å². The Balaban J connectivity index is 0.000000161. The van der Waals surface area contributed by atoms with Crippen molar-refractivity contribution in [2.45, 2.75) is 63.6 Å². The SMILES string of the molecule is COC(=N)[C@@]12OC[C@]1(C)CC[C@@H]2Cc1ccc(Cl)cc1.COC(=O)[C@@]12OC[C@]1(C)CC[C@@H]2Cc1ccc(Cl)cc1. The number of ether oxygens (including phenoxy) is 4. The number of hydrogen-bond acceptors (Lipinski definition) is 6. The molecule has 2 aromatic rings. The second-order valence-corrected chi connectivity index (χ2v) is 13.2. The van der Waals surface area contributed by atoms with Gasteiger partial charge >= 0.3 is 5.97 Å². The van der Waals surface area contributed by atoms with Crippen molar-refractivity contribution in [3.05, 3.63) is 69.7 Å². The van der Waals surface area contributed by atoms with Crippen molar-refractivity contribution < 1.29 is 23.7 Å². The zero-order valence-corrected chi connectivity index (χ0v) is 25.2. The van der Waals surface area contributed by atoms with Gasteiger partial charge in [0.1, 0.15) is 0 Å². The minimum Gasteiger partial charge on any atom is -0.482 e. The summed E-state index contributed by atoms with van der Waals surface area (Å²) in [6.45, 7) is 5.73. The normalized spacial score (nSPS) is 35.2. The quantitative estimate of drug-likeness (QED) is 0.225. The molecule has 2 saturated carbocycles. The van der Waals surface area contributed by atoms with Gasteiger partial charge in [0.15, 0.2) is 11.2 Å². The summed E-state index contributed by atoms with van der Waals surface area (Å²) in [5.41, 5.74) is 1.13. The van der Waals surface area contributed by atoms with Crippen molar-refractivity contribution in [1.82, 2.24) is 0 Å². The highest BCUT2D eigenvalue weighted by Gasteiger charge is 2.71. The summed E-state index contributed by atoms with van der Waals surface area (Å²) in [5.74, 6) is 0.537. The molecule has 4 fully saturated rings. The van der Waals surface area contributed by atoms with Crippen LogP contribution in [0.1, 0.15) is 50.7 Å². The van der Waals surface area contributed by atoms with Gasteiger partial charge in [-0.25, -0.2) is 4.79 Å². The molecule has 216 valence electrons. The number of rotatable bonds is 6. The van der Waals surface area contributed by atoms with Crippen LogP contribution in [0.3, 0.4) is 0 Å². The number of methoxy groups -OCH3 is 2. The van der Waals surface area contributed by atoms with Gasteiger partial charge in [0.2, 0.25) is 5.90 Å². The Morgan fingerprint density at radius 1 is 0.800 bits per heavy atom. The molecular formula is C32H39Cl2NO5. The van der Waals surface area contributed by atoms with Gasteiger partial charge in [0.05, 0.1) is 27.4 Å². The van der Waals surface area contributed by atoms with Crippen LogP contribution in [0, 0.1) is 28.1 Å². The van der Waals surface area contributed by atoms with Crippen molar-refractivity contribution in [2.24, 2.45) is 22.7 Å². The standard InChI is InChI=1S/C16H20ClNO2.C16H19ClO3/c2*1-15-8-7-12(9-11-3-5-13(17)6-4-11)16(15,20-10-15)14(18)19-2/h3-6,12,18H,7-10H2,1-2H3;3-6,12H,7-10H2,1-2H3/t2*12-,15+,16-/m11/s1. The Morgan fingerprint density at radius 2 is 1.23 bits per heavy atom. The van der Waals surface area contributed by atoms with E-state index in [0.29, 0.717) is 12.5 Å². The Labute approximate surface area is 247 Å². The maximum atomic E-state index is 12.3. The van der Waals surface area contributed by atoms with E-state index in [2.05, 4.69) is 26.0 Å². The monoisotopic (exact) mass is 587 g/mol. The molecule has 6 nitrogen and oxygen atoms in total. The minimum absolute atomic E-state index is 0.0528. The summed E-state index contributed by atoms with van der Waals surface area (Å²) in [4.78, 5) is 12.3. The fourth-order valence-corrected chi connectivity index (χ4v) is 7.93. The van der Waals surface area contributed by atoms with E-state index in [1.54, 1.807) is 7.11 Å². The van der Waals surface area contributed by atoms with E-state index in [0.717, 1.165) is 55.2 Å². The third-order valence-corrected chi connectivity index (χ3v) is 10.6. The second kappa shape index (κ2) is 10.9. The lowest BCUT2D eigenvalue weighted by atomic mass is 9.67. The number of esters is 1. The number of carbonyl (C=O) groups excluding carboxylic acids is 1. The zero-order chi connectivity index (χ0) is 28.8. The number of halogens is 2. The summed E-state index contributed by atoms with van der Waals surface area (Å²) >= 11 is 11.8. The molecule has 2 aromatic carbocycles. The second-order valence-electron chi connectivity index (χ2n) is 12.3. The van der Waals surface area contributed by atoms with E-state index in [4.69, 9.17) is 47.6 Å². The first-order valence-corrected chi connectivity index (χ1v) is 14.8. The molecule has 6 rings (SSSR count). The van der Waals surface area contributed by atoms with Crippen molar-refractivity contribution >= 4 is 35.1 Å². The molecular weight excluding hydrogens is 549 g/mol. The van der Waals surface area contributed by atoms with E-state index in [-0.39, 0.29) is 28.6 Å². The third-order valence-electron chi connectivity index (χ3n) is 10.1. The lowest BCUT2D eigenvalue weighted by Gasteiger charge is -2.54. The van der Waals surface area contributed by atoms with Crippen molar-refractivity contribution in [2.75, 3.05) is 27.4 Å². The predicted octanol–water partition coefficient (Wildman–Crippen LogP) is 6.93. The first kappa shape index (κ1) is 29.4. The van der Waals surface area contributed by atoms with Crippen molar-refractivity contribution in [3.8, 4) is 0 Å². The number of benzene rings is 2. The average Bonchev–Trinajstić information content (AvgIpc) is 3.25. The van der Waals surface area contributed by atoms with Crippen LogP contribution in [0.5, 0.6) is 0 Å². The van der Waals surface area contributed by atoms with Gasteiger partial charge in [-0.2, -0.15) is 0 Å². The van der Waals surface area contributed by atoms with Crippen LogP contribution < -0.4 is 0 Å². The van der Waals surface area contributed by atoms with Gasteiger partial charge in [-0.1, -0.05) is 61.3 Å². The number of carbonyl (C=O) groups is 1. The molecule has 0 bridgehead atoms. The molecule has 4 aliphatic rings. The molecule has 0 amide bonds. The van der Waals surface area contributed by atoms with Gasteiger partial charge in [-0.15, -0.1) is 0 Å². The van der Waals surface area contributed by atoms with E-state index in [9.17, 15) is 4.79 Å². The predicted molar refractivity (Wildman–Crippen MR) is 156 cm³/mol. The van der Waals surface area contributed by atoms with Crippen LogP contribution in [-0.2, 0) is 36.6 Å². The average molecular weight is 589 g/mol. The maximum absolute atomic E-state index is 12.3. The molecule has 1 N–H and O–H groups in total. The molecule has 2 saturated heterocycles. The van der Waals surface area contributed by atoms with Crippen LogP contribution in [0.15, 0.2) is 48.5 Å². The zero-order valence-electron chi connectivity index (χ0n) is 23.7. The van der Waals surface area contributed by atoms with E-state index >= 15 is 0 Å². The summed E-state index contributed by atoms with van der Waals surface area (Å²) < 4.78 is 22.0. The van der Waals surface area contributed by atoms with Crippen molar-refractivity contribution in [1.29, 1.82) is 5.41 Å². The number of hydrogen-bond donors (Lipinski definition) is 1. The first-order chi connectivity index (χ1) is 19.0. The van der Waals surface area contributed by atoms with Gasteiger partial charge in [-0.05, 0) is 73.9 Å². The molecule has 40 heavy (non-hydrogen) atoms. The van der Waals surface area contributed by atoms with Crippen LogP contribution in [0.4, 0.5) is 0 Å².